The molecule has 0 bridgehead atoms. The van der Waals surface area contributed by atoms with E-state index in [4.69, 9.17) is 17.3 Å². The van der Waals surface area contributed by atoms with Crippen LogP contribution in [0, 0.1) is 11.8 Å². The Bertz CT molecular complexity index is 1110. The van der Waals surface area contributed by atoms with Crippen molar-refractivity contribution in [1.29, 1.82) is 0 Å². The Hall–Kier alpha value is -3.31. The summed E-state index contributed by atoms with van der Waals surface area (Å²) in [4.78, 5) is 47.1. The zero-order chi connectivity index (χ0) is 22.7. The first kappa shape index (κ1) is 22.4. The van der Waals surface area contributed by atoms with Crippen LogP contribution in [-0.2, 0) is 14.4 Å². The lowest BCUT2D eigenvalue weighted by molar-refractivity contribution is -0.145. The molecule has 0 amide bonds. The fourth-order valence-corrected chi connectivity index (χ4v) is 4.72. The third-order valence-electron chi connectivity index (χ3n) is 4.63. The molecule has 2 atom stereocenters. The highest BCUT2D eigenvalue weighted by Crippen LogP contribution is 2.41. The average Bonchev–Trinajstić information content (AvgIpc) is 3.25. The van der Waals surface area contributed by atoms with Crippen LogP contribution in [0.3, 0.4) is 0 Å². The normalized spacial score (nSPS) is 18.3. The van der Waals surface area contributed by atoms with Crippen molar-refractivity contribution in [2.75, 3.05) is 0 Å². The number of carboxylic acids is 3. The lowest BCUT2D eigenvalue weighted by atomic mass is 9.86. The number of Topliss-reactive ketones (excluding diaryl/α,β-unsaturated/α-hetero) is 1. The van der Waals surface area contributed by atoms with Gasteiger partial charge in [-0.3, -0.25) is 14.4 Å². The number of hydrogen-bond acceptors (Lipinski definition) is 7. The molecule has 1 aromatic carbocycles. The number of hydrogen-bond donors (Lipinski definition) is 3. The van der Waals surface area contributed by atoms with Crippen LogP contribution in [0.25, 0.3) is 11.8 Å². The van der Waals surface area contributed by atoms with Crippen molar-refractivity contribution < 1.29 is 34.5 Å². The summed E-state index contributed by atoms with van der Waals surface area (Å²) in [5.74, 6) is -6.80. The SMILES string of the molecule is O=C(O)CC[C@@H](C(=O)O)[C@H]1C(=O)/C(=C/c2cn(-c3ccccc3)nc2C(=O)O)SC1=S. The van der Waals surface area contributed by atoms with Gasteiger partial charge < -0.3 is 15.3 Å². The van der Waals surface area contributed by atoms with Gasteiger partial charge in [-0.15, -0.1) is 0 Å². The molecule has 9 nitrogen and oxygen atoms in total. The van der Waals surface area contributed by atoms with Gasteiger partial charge in [0.15, 0.2) is 11.5 Å². The Morgan fingerprint density at radius 2 is 1.87 bits per heavy atom. The van der Waals surface area contributed by atoms with Gasteiger partial charge in [-0.05, 0) is 24.6 Å². The summed E-state index contributed by atoms with van der Waals surface area (Å²) in [6.07, 6.45) is 2.11. The zero-order valence-corrected chi connectivity index (χ0v) is 17.4. The van der Waals surface area contributed by atoms with E-state index in [1.54, 1.807) is 30.3 Å². The number of aromatic carboxylic acids is 1. The summed E-state index contributed by atoms with van der Waals surface area (Å²) >= 11 is 6.09. The van der Waals surface area contributed by atoms with E-state index in [1.807, 2.05) is 0 Å². The third kappa shape index (κ3) is 4.89. The second-order valence-electron chi connectivity index (χ2n) is 6.67. The average molecular weight is 460 g/mol. The topological polar surface area (TPSA) is 147 Å². The smallest absolute Gasteiger partial charge is 0.357 e. The molecule has 31 heavy (non-hydrogen) atoms. The number of aliphatic carboxylic acids is 2. The molecule has 1 aliphatic heterocycles. The van der Waals surface area contributed by atoms with Crippen molar-refractivity contribution in [3.05, 3.63) is 52.7 Å². The van der Waals surface area contributed by atoms with Crippen LogP contribution in [-0.4, -0.2) is 53.0 Å². The van der Waals surface area contributed by atoms with Crippen LogP contribution in [0.15, 0.2) is 41.4 Å². The number of thiocarbonyl (C=S) groups is 1. The summed E-state index contributed by atoms with van der Waals surface area (Å²) in [5.41, 5.74) is 0.501. The molecule has 0 spiro atoms. The number of carbonyl (C=O) groups excluding carboxylic acids is 1. The number of allylic oxidation sites excluding steroid dienone is 1. The Balaban J connectivity index is 1.95. The lowest BCUT2D eigenvalue weighted by Gasteiger charge is -2.16. The van der Waals surface area contributed by atoms with E-state index in [0.717, 1.165) is 11.8 Å². The number of benzene rings is 1. The highest BCUT2D eigenvalue weighted by atomic mass is 32.2. The molecule has 0 saturated carbocycles. The summed E-state index contributed by atoms with van der Waals surface area (Å²) in [5, 5.41) is 31.9. The van der Waals surface area contributed by atoms with Crippen LogP contribution in [0.1, 0.15) is 28.9 Å². The van der Waals surface area contributed by atoms with Gasteiger partial charge in [0, 0.05) is 18.2 Å². The molecule has 0 unspecified atom stereocenters. The van der Waals surface area contributed by atoms with Crippen LogP contribution in [0.5, 0.6) is 0 Å². The van der Waals surface area contributed by atoms with Gasteiger partial charge in [-0.2, -0.15) is 5.10 Å². The number of rotatable bonds is 8. The number of carbonyl (C=O) groups is 4. The number of thioether (sulfide) groups is 1. The first-order valence-electron chi connectivity index (χ1n) is 8.99. The van der Waals surface area contributed by atoms with Crippen molar-refractivity contribution in [2.45, 2.75) is 12.8 Å². The fraction of sp³-hybridized carbons (Fsp3) is 0.200. The first-order chi connectivity index (χ1) is 14.7. The molecule has 1 aromatic heterocycles. The molecule has 2 heterocycles. The maximum atomic E-state index is 12.9. The standard InChI is InChI=1S/C20H16N2O7S2/c23-14(24)7-6-12(18(26)27)15-17(25)13(31-20(15)30)8-10-9-22(21-16(10)19(28)29)11-4-2-1-3-5-11/h1-5,8-9,12,15H,6-7H2,(H,23,24)(H,26,27)(H,28,29)/b13-8-/t12-,15+/m1/s1. The van der Waals surface area contributed by atoms with Crippen molar-refractivity contribution in [3.63, 3.8) is 0 Å². The van der Waals surface area contributed by atoms with Crippen LogP contribution in [0.4, 0.5) is 0 Å². The Labute approximate surface area is 185 Å². The van der Waals surface area contributed by atoms with Crippen molar-refractivity contribution >= 4 is 57.9 Å². The molecule has 0 aliphatic carbocycles. The van der Waals surface area contributed by atoms with Gasteiger partial charge in [-0.1, -0.05) is 42.2 Å². The highest BCUT2D eigenvalue weighted by Gasteiger charge is 2.44. The van der Waals surface area contributed by atoms with Gasteiger partial charge >= 0.3 is 17.9 Å². The van der Waals surface area contributed by atoms with Crippen molar-refractivity contribution in [3.8, 4) is 5.69 Å². The minimum Gasteiger partial charge on any atom is -0.481 e. The van der Waals surface area contributed by atoms with Gasteiger partial charge in [0.25, 0.3) is 0 Å². The summed E-state index contributed by atoms with van der Waals surface area (Å²) in [6.45, 7) is 0. The van der Waals surface area contributed by atoms with Crippen molar-refractivity contribution in [1.82, 2.24) is 9.78 Å². The van der Waals surface area contributed by atoms with Gasteiger partial charge in [0.05, 0.1) is 26.6 Å². The Morgan fingerprint density at radius 1 is 1.19 bits per heavy atom. The monoisotopic (exact) mass is 460 g/mol. The highest BCUT2D eigenvalue weighted by molar-refractivity contribution is 8.27. The Kier molecular flexibility index (Phi) is 6.66. The predicted octanol–water partition coefficient (Wildman–Crippen LogP) is 2.74. The number of nitrogens with zero attached hydrogens (tertiary/aromatic N) is 2. The Morgan fingerprint density at radius 3 is 2.45 bits per heavy atom. The summed E-state index contributed by atoms with van der Waals surface area (Å²) in [6, 6.07) is 8.79. The predicted molar refractivity (Wildman–Crippen MR) is 115 cm³/mol. The fourth-order valence-electron chi connectivity index (χ4n) is 3.16. The van der Waals surface area contributed by atoms with Gasteiger partial charge in [0.2, 0.25) is 0 Å². The van der Waals surface area contributed by atoms with E-state index in [9.17, 15) is 29.4 Å². The molecule has 11 heteroatoms. The molecule has 3 N–H and O–H groups in total. The number of para-hydroxylation sites is 1. The van der Waals surface area contributed by atoms with Gasteiger partial charge in [-0.25, -0.2) is 9.48 Å². The van der Waals surface area contributed by atoms with E-state index in [-0.39, 0.29) is 26.8 Å². The molecule has 1 aliphatic rings. The first-order valence-corrected chi connectivity index (χ1v) is 10.2. The summed E-state index contributed by atoms with van der Waals surface area (Å²) in [7, 11) is 0. The quantitative estimate of drug-likeness (QED) is 0.397. The van der Waals surface area contributed by atoms with Gasteiger partial charge in [0.1, 0.15) is 0 Å². The van der Waals surface area contributed by atoms with E-state index in [0.29, 0.717) is 5.69 Å². The van der Waals surface area contributed by atoms with Crippen molar-refractivity contribution in [2.24, 2.45) is 11.8 Å². The van der Waals surface area contributed by atoms with E-state index in [2.05, 4.69) is 5.10 Å². The minimum absolute atomic E-state index is 0.0895. The molecule has 2 aromatic rings. The zero-order valence-electron chi connectivity index (χ0n) is 15.8. The largest absolute Gasteiger partial charge is 0.481 e. The maximum absolute atomic E-state index is 12.9. The molecular weight excluding hydrogens is 444 g/mol. The molecule has 1 saturated heterocycles. The molecular formula is C20H16N2O7S2. The molecule has 160 valence electrons. The van der Waals surface area contributed by atoms with E-state index >= 15 is 0 Å². The molecule has 0 radical (unpaired) electrons. The number of ketones is 1. The maximum Gasteiger partial charge on any atom is 0.357 e. The van der Waals surface area contributed by atoms with Crippen LogP contribution in [0.2, 0.25) is 0 Å². The molecule has 3 rings (SSSR count). The third-order valence-corrected chi connectivity index (χ3v) is 6.13. The van der Waals surface area contributed by atoms with Crippen LogP contribution >= 0.6 is 24.0 Å². The second-order valence-corrected chi connectivity index (χ2v) is 8.45. The number of carboxylic acid groups (broad SMARTS) is 3. The van der Waals surface area contributed by atoms with Crippen LogP contribution < -0.4 is 0 Å². The summed E-state index contributed by atoms with van der Waals surface area (Å²) < 4.78 is 1.48. The molecule has 1 fully saturated rings. The van der Waals surface area contributed by atoms with E-state index < -0.39 is 41.9 Å². The number of aromatic nitrogens is 2. The lowest BCUT2D eigenvalue weighted by Crippen LogP contribution is -2.31. The minimum atomic E-state index is -1.31. The second kappa shape index (κ2) is 9.23. The van der Waals surface area contributed by atoms with E-state index in [1.165, 1.54) is 17.0 Å².